The molecule has 0 unspecified atom stereocenters. The van der Waals surface area contributed by atoms with Gasteiger partial charge in [0.25, 0.3) is 0 Å². The van der Waals surface area contributed by atoms with Crippen LogP contribution < -0.4 is 0 Å². The molecule has 0 spiro atoms. The van der Waals surface area contributed by atoms with Crippen molar-refractivity contribution in [2.24, 2.45) is 0 Å². The van der Waals surface area contributed by atoms with Crippen molar-refractivity contribution >= 4 is 0 Å². The maximum absolute atomic E-state index is 13.5. The maximum atomic E-state index is 13.5. The summed E-state index contributed by atoms with van der Waals surface area (Å²) in [5.41, 5.74) is -2.59. The van der Waals surface area contributed by atoms with Crippen LogP contribution in [-0.4, -0.2) is 4.98 Å². The predicted molar refractivity (Wildman–Crippen MR) is 94.4 cm³/mol. The minimum atomic E-state index is -4.69. The molecule has 0 amide bonds. The lowest BCUT2D eigenvalue weighted by atomic mass is 9.96. The molecule has 0 aliphatic rings. The van der Waals surface area contributed by atoms with Gasteiger partial charge in [0.2, 0.25) is 0 Å². The molecule has 2 nitrogen and oxygen atoms in total. The van der Waals surface area contributed by atoms with Crippen LogP contribution in [0.1, 0.15) is 16.7 Å². The Morgan fingerprint density at radius 2 is 1.24 bits per heavy atom. The molecule has 3 rings (SSSR count). The van der Waals surface area contributed by atoms with Gasteiger partial charge in [-0.15, -0.1) is 0 Å². The standard InChI is InChI=1S/C21H12F6N2/c22-20(23,24)16-7-3-1-5-14(16)18-10-9-13(11-12-28)19(29-18)15-6-2-4-8-17(15)21(25,26)27/h1-10H,11H2. The number of aromatic nitrogens is 1. The van der Waals surface area contributed by atoms with Gasteiger partial charge >= 0.3 is 12.4 Å². The Bertz CT molecular complexity index is 1080. The van der Waals surface area contributed by atoms with Gasteiger partial charge in [-0.3, -0.25) is 0 Å². The highest BCUT2D eigenvalue weighted by molar-refractivity contribution is 5.73. The van der Waals surface area contributed by atoms with Crippen LogP contribution in [0.3, 0.4) is 0 Å². The fraction of sp³-hybridized carbons (Fsp3) is 0.143. The van der Waals surface area contributed by atoms with E-state index in [0.29, 0.717) is 0 Å². The average Bonchev–Trinajstić information content (AvgIpc) is 2.67. The van der Waals surface area contributed by atoms with E-state index in [0.717, 1.165) is 12.1 Å². The van der Waals surface area contributed by atoms with Crippen LogP contribution in [-0.2, 0) is 18.8 Å². The zero-order chi connectivity index (χ0) is 21.2. The normalized spacial score (nSPS) is 11.9. The molecule has 148 valence electrons. The summed E-state index contributed by atoms with van der Waals surface area (Å²) < 4.78 is 80.4. The lowest BCUT2D eigenvalue weighted by Gasteiger charge is -2.17. The summed E-state index contributed by atoms with van der Waals surface area (Å²) in [4.78, 5) is 4.13. The number of halogens is 6. The molecular weight excluding hydrogens is 394 g/mol. The molecule has 0 radical (unpaired) electrons. The van der Waals surface area contributed by atoms with E-state index >= 15 is 0 Å². The highest BCUT2D eigenvalue weighted by atomic mass is 19.4. The van der Waals surface area contributed by atoms with Crippen LogP contribution in [0.4, 0.5) is 26.3 Å². The first-order chi connectivity index (χ1) is 13.6. The zero-order valence-electron chi connectivity index (χ0n) is 14.6. The number of hydrogen-bond donors (Lipinski definition) is 0. The highest BCUT2D eigenvalue weighted by Crippen LogP contribution is 2.40. The van der Waals surface area contributed by atoms with E-state index in [1.54, 1.807) is 0 Å². The second-order valence-electron chi connectivity index (χ2n) is 6.13. The smallest absolute Gasteiger partial charge is 0.247 e. The van der Waals surface area contributed by atoms with E-state index in [-0.39, 0.29) is 34.5 Å². The third kappa shape index (κ3) is 4.24. The Morgan fingerprint density at radius 3 is 1.79 bits per heavy atom. The van der Waals surface area contributed by atoms with Crippen LogP contribution >= 0.6 is 0 Å². The largest absolute Gasteiger partial charge is 0.417 e. The summed E-state index contributed by atoms with van der Waals surface area (Å²) in [6, 6.07) is 13.8. The first kappa shape index (κ1) is 20.4. The van der Waals surface area contributed by atoms with E-state index < -0.39 is 23.5 Å². The molecule has 2 aromatic carbocycles. The third-order valence-corrected chi connectivity index (χ3v) is 4.24. The van der Waals surface area contributed by atoms with Gasteiger partial charge < -0.3 is 0 Å². The maximum Gasteiger partial charge on any atom is 0.417 e. The fourth-order valence-electron chi connectivity index (χ4n) is 2.99. The van der Waals surface area contributed by atoms with Crippen LogP contribution in [0.5, 0.6) is 0 Å². The average molecular weight is 406 g/mol. The monoisotopic (exact) mass is 406 g/mol. The van der Waals surface area contributed by atoms with Crippen LogP contribution in [0.2, 0.25) is 0 Å². The highest BCUT2D eigenvalue weighted by Gasteiger charge is 2.35. The van der Waals surface area contributed by atoms with Crippen LogP contribution in [0.15, 0.2) is 60.7 Å². The van der Waals surface area contributed by atoms with Crippen molar-refractivity contribution in [3.8, 4) is 28.6 Å². The number of nitriles is 1. The molecular formula is C21H12F6N2. The van der Waals surface area contributed by atoms with Gasteiger partial charge in [-0.2, -0.15) is 31.6 Å². The van der Waals surface area contributed by atoms with E-state index in [1.807, 2.05) is 6.07 Å². The minimum absolute atomic E-state index is 0.133. The lowest BCUT2D eigenvalue weighted by molar-refractivity contribution is -0.137. The number of alkyl halides is 6. The Balaban J connectivity index is 2.28. The fourth-order valence-corrected chi connectivity index (χ4v) is 2.99. The van der Waals surface area contributed by atoms with Gasteiger partial charge in [-0.25, -0.2) is 4.98 Å². The van der Waals surface area contributed by atoms with E-state index in [4.69, 9.17) is 5.26 Å². The SMILES string of the molecule is N#CCc1ccc(-c2ccccc2C(F)(F)F)nc1-c1ccccc1C(F)(F)F. The molecule has 8 heteroatoms. The van der Waals surface area contributed by atoms with Gasteiger partial charge in [-0.1, -0.05) is 42.5 Å². The van der Waals surface area contributed by atoms with Gasteiger partial charge in [0.05, 0.1) is 35.0 Å². The summed E-state index contributed by atoms with van der Waals surface area (Å²) in [6.45, 7) is 0. The Kier molecular flexibility index (Phi) is 5.33. The van der Waals surface area contributed by atoms with Gasteiger partial charge in [0.1, 0.15) is 0 Å². The summed E-state index contributed by atoms with van der Waals surface area (Å²) in [5, 5.41) is 9.01. The number of pyridine rings is 1. The van der Waals surface area contributed by atoms with Crippen LogP contribution in [0.25, 0.3) is 22.5 Å². The van der Waals surface area contributed by atoms with Gasteiger partial charge in [0.15, 0.2) is 0 Å². The molecule has 0 saturated carbocycles. The van der Waals surface area contributed by atoms with Crippen molar-refractivity contribution in [1.29, 1.82) is 5.26 Å². The number of benzene rings is 2. The summed E-state index contributed by atoms with van der Waals surface area (Å²) >= 11 is 0. The number of rotatable bonds is 3. The Morgan fingerprint density at radius 1 is 0.724 bits per heavy atom. The van der Waals surface area contributed by atoms with E-state index in [2.05, 4.69) is 4.98 Å². The van der Waals surface area contributed by atoms with Crippen molar-refractivity contribution in [1.82, 2.24) is 4.98 Å². The first-order valence-electron chi connectivity index (χ1n) is 8.33. The summed E-state index contributed by atoms with van der Waals surface area (Å²) in [7, 11) is 0. The molecule has 3 aromatic rings. The topological polar surface area (TPSA) is 36.7 Å². The number of hydrogen-bond acceptors (Lipinski definition) is 2. The van der Waals surface area contributed by atoms with Crippen molar-refractivity contribution in [2.45, 2.75) is 18.8 Å². The molecule has 0 bridgehead atoms. The quantitative estimate of drug-likeness (QED) is 0.465. The Hall–Kier alpha value is -3.34. The minimum Gasteiger partial charge on any atom is -0.247 e. The molecule has 29 heavy (non-hydrogen) atoms. The lowest BCUT2D eigenvalue weighted by Crippen LogP contribution is -2.09. The van der Waals surface area contributed by atoms with E-state index in [1.165, 1.54) is 48.5 Å². The summed E-state index contributed by atoms with van der Waals surface area (Å²) in [5.74, 6) is 0. The molecule has 0 N–H and O–H groups in total. The second kappa shape index (κ2) is 7.59. The first-order valence-corrected chi connectivity index (χ1v) is 8.33. The molecule has 0 saturated heterocycles. The molecule has 0 fully saturated rings. The van der Waals surface area contributed by atoms with Gasteiger partial charge in [-0.05, 0) is 23.8 Å². The molecule has 0 atom stereocenters. The Labute approximate surface area is 162 Å². The molecule has 0 aliphatic carbocycles. The molecule has 1 aromatic heterocycles. The summed E-state index contributed by atoms with van der Waals surface area (Å²) in [6.07, 6.45) is -9.59. The van der Waals surface area contributed by atoms with Crippen molar-refractivity contribution in [2.75, 3.05) is 0 Å². The number of nitrogens with zero attached hydrogens (tertiary/aromatic N) is 2. The van der Waals surface area contributed by atoms with Gasteiger partial charge in [0, 0.05) is 11.1 Å². The van der Waals surface area contributed by atoms with Crippen molar-refractivity contribution in [3.63, 3.8) is 0 Å². The second-order valence-corrected chi connectivity index (χ2v) is 6.13. The predicted octanol–water partition coefficient (Wildman–Crippen LogP) is 6.52. The van der Waals surface area contributed by atoms with Crippen molar-refractivity contribution in [3.05, 3.63) is 77.4 Å². The van der Waals surface area contributed by atoms with Crippen molar-refractivity contribution < 1.29 is 26.3 Å². The molecule has 1 heterocycles. The zero-order valence-corrected chi connectivity index (χ0v) is 14.6. The van der Waals surface area contributed by atoms with Crippen LogP contribution in [0, 0.1) is 11.3 Å². The van der Waals surface area contributed by atoms with E-state index in [9.17, 15) is 26.3 Å². The third-order valence-electron chi connectivity index (χ3n) is 4.24. The molecule has 0 aliphatic heterocycles.